The number of nitrogens with zero attached hydrogens (tertiary/aromatic N) is 3. The molecule has 0 aliphatic carbocycles. The van der Waals surface area contributed by atoms with Gasteiger partial charge in [-0.1, -0.05) is 0 Å². The Morgan fingerprint density at radius 2 is 2.50 bits per heavy atom. The number of aromatic nitrogens is 3. The van der Waals surface area contributed by atoms with Gasteiger partial charge in [0.2, 0.25) is 0 Å². The summed E-state index contributed by atoms with van der Waals surface area (Å²) in [5, 5.41) is 15.6. The molecule has 0 amide bonds. The van der Waals surface area contributed by atoms with Gasteiger partial charge in [0.1, 0.15) is 12.2 Å². The van der Waals surface area contributed by atoms with Crippen LogP contribution in [0.2, 0.25) is 0 Å². The van der Waals surface area contributed by atoms with Crippen LogP contribution in [0.4, 0.5) is 0 Å². The molecule has 68 valence electrons. The molecule has 0 saturated heterocycles. The van der Waals surface area contributed by atoms with Crippen LogP contribution in [0.5, 0.6) is 0 Å². The van der Waals surface area contributed by atoms with E-state index in [-0.39, 0.29) is 6.61 Å². The predicted octanol–water partition coefficient (Wildman–Crippen LogP) is -0.713. The summed E-state index contributed by atoms with van der Waals surface area (Å²) < 4.78 is 1.73. The molecule has 0 spiro atoms. The Morgan fingerprint density at radius 3 is 3.08 bits per heavy atom. The SMILES string of the molecule is Cn1ncnc1CNCCCO. The summed E-state index contributed by atoms with van der Waals surface area (Å²) in [6, 6.07) is 0. The highest BCUT2D eigenvalue weighted by atomic mass is 16.3. The molecule has 0 radical (unpaired) electrons. The van der Waals surface area contributed by atoms with Gasteiger partial charge in [-0.2, -0.15) is 5.10 Å². The fraction of sp³-hybridized carbons (Fsp3) is 0.714. The summed E-state index contributed by atoms with van der Waals surface area (Å²) in [6.07, 6.45) is 2.31. The summed E-state index contributed by atoms with van der Waals surface area (Å²) in [6.45, 7) is 1.74. The molecule has 0 aliphatic rings. The van der Waals surface area contributed by atoms with Crippen LogP contribution in [0, 0.1) is 0 Å². The first-order chi connectivity index (χ1) is 5.84. The molecule has 12 heavy (non-hydrogen) atoms. The second-order valence-electron chi connectivity index (χ2n) is 2.55. The van der Waals surface area contributed by atoms with Gasteiger partial charge in [0.15, 0.2) is 0 Å². The van der Waals surface area contributed by atoms with Crippen molar-refractivity contribution in [1.82, 2.24) is 20.1 Å². The fourth-order valence-corrected chi connectivity index (χ4v) is 0.884. The molecule has 1 aromatic heterocycles. The zero-order valence-corrected chi connectivity index (χ0v) is 7.19. The van der Waals surface area contributed by atoms with E-state index in [9.17, 15) is 0 Å². The second kappa shape index (κ2) is 4.84. The molecule has 1 aromatic rings. The molecule has 0 bridgehead atoms. The third-order valence-electron chi connectivity index (χ3n) is 1.60. The van der Waals surface area contributed by atoms with Crippen LogP contribution in [-0.2, 0) is 13.6 Å². The number of aliphatic hydroxyl groups is 1. The van der Waals surface area contributed by atoms with E-state index >= 15 is 0 Å². The van der Waals surface area contributed by atoms with Crippen LogP contribution >= 0.6 is 0 Å². The first-order valence-corrected chi connectivity index (χ1v) is 3.99. The topological polar surface area (TPSA) is 63.0 Å². The zero-order chi connectivity index (χ0) is 8.81. The molecule has 1 rings (SSSR count). The Hall–Kier alpha value is -0.940. The minimum atomic E-state index is 0.228. The number of aryl methyl sites for hydroxylation is 1. The average molecular weight is 170 g/mol. The summed E-state index contributed by atoms with van der Waals surface area (Å²) >= 11 is 0. The molecule has 0 saturated carbocycles. The van der Waals surface area contributed by atoms with Crippen LogP contribution < -0.4 is 5.32 Å². The molecule has 1 heterocycles. The molecule has 0 aromatic carbocycles. The number of aliphatic hydroxyl groups excluding tert-OH is 1. The molecule has 5 heteroatoms. The van der Waals surface area contributed by atoms with E-state index in [1.165, 1.54) is 6.33 Å². The molecule has 0 atom stereocenters. The van der Waals surface area contributed by atoms with Gasteiger partial charge in [0.25, 0.3) is 0 Å². The maximum Gasteiger partial charge on any atom is 0.140 e. The Labute approximate surface area is 71.4 Å². The monoisotopic (exact) mass is 170 g/mol. The minimum absolute atomic E-state index is 0.228. The maximum atomic E-state index is 8.50. The lowest BCUT2D eigenvalue weighted by Gasteiger charge is -2.01. The molecular weight excluding hydrogens is 156 g/mol. The summed E-state index contributed by atoms with van der Waals surface area (Å²) in [5.74, 6) is 0.910. The molecule has 0 fully saturated rings. The van der Waals surface area contributed by atoms with Crippen molar-refractivity contribution in [2.45, 2.75) is 13.0 Å². The molecule has 0 unspecified atom stereocenters. The third-order valence-corrected chi connectivity index (χ3v) is 1.60. The van der Waals surface area contributed by atoms with Gasteiger partial charge in [-0.05, 0) is 13.0 Å². The predicted molar refractivity (Wildman–Crippen MR) is 44.4 cm³/mol. The highest BCUT2D eigenvalue weighted by Gasteiger charge is 1.97. The highest BCUT2D eigenvalue weighted by Crippen LogP contribution is 1.88. The zero-order valence-electron chi connectivity index (χ0n) is 7.19. The van der Waals surface area contributed by atoms with Crippen LogP contribution in [0.3, 0.4) is 0 Å². The quantitative estimate of drug-likeness (QED) is 0.573. The van der Waals surface area contributed by atoms with Crippen LogP contribution in [0.15, 0.2) is 6.33 Å². The van der Waals surface area contributed by atoms with E-state index in [0.717, 1.165) is 18.8 Å². The lowest BCUT2D eigenvalue weighted by atomic mass is 10.4. The number of nitrogens with one attached hydrogen (secondary N) is 1. The Kier molecular flexibility index (Phi) is 3.69. The van der Waals surface area contributed by atoms with Crippen molar-refractivity contribution in [3.8, 4) is 0 Å². The summed E-state index contributed by atoms with van der Waals surface area (Å²) in [4.78, 5) is 4.04. The average Bonchev–Trinajstić information content (AvgIpc) is 2.46. The van der Waals surface area contributed by atoms with E-state index in [1.807, 2.05) is 7.05 Å². The van der Waals surface area contributed by atoms with E-state index in [1.54, 1.807) is 4.68 Å². The Balaban J connectivity index is 2.20. The van der Waals surface area contributed by atoms with Gasteiger partial charge in [0, 0.05) is 13.7 Å². The van der Waals surface area contributed by atoms with Gasteiger partial charge in [-0.15, -0.1) is 0 Å². The molecular formula is C7H14N4O. The standard InChI is InChI=1S/C7H14N4O/c1-11-7(9-6-10-11)5-8-3-2-4-12/h6,8,12H,2-5H2,1H3. The summed E-state index contributed by atoms with van der Waals surface area (Å²) in [7, 11) is 1.86. The van der Waals surface area contributed by atoms with E-state index in [2.05, 4.69) is 15.4 Å². The van der Waals surface area contributed by atoms with Crippen LogP contribution in [0.1, 0.15) is 12.2 Å². The van der Waals surface area contributed by atoms with Gasteiger partial charge < -0.3 is 10.4 Å². The van der Waals surface area contributed by atoms with Crippen molar-refractivity contribution >= 4 is 0 Å². The van der Waals surface area contributed by atoms with Crippen LogP contribution in [-0.4, -0.2) is 33.0 Å². The first-order valence-electron chi connectivity index (χ1n) is 3.99. The molecule has 0 aliphatic heterocycles. The van der Waals surface area contributed by atoms with Gasteiger partial charge >= 0.3 is 0 Å². The second-order valence-corrected chi connectivity index (χ2v) is 2.55. The van der Waals surface area contributed by atoms with Crippen molar-refractivity contribution in [3.05, 3.63) is 12.2 Å². The lowest BCUT2D eigenvalue weighted by molar-refractivity contribution is 0.285. The number of hydrogen-bond donors (Lipinski definition) is 2. The third kappa shape index (κ3) is 2.60. The lowest BCUT2D eigenvalue weighted by Crippen LogP contribution is -2.18. The van der Waals surface area contributed by atoms with E-state index < -0.39 is 0 Å². The molecule has 2 N–H and O–H groups in total. The fourth-order valence-electron chi connectivity index (χ4n) is 0.884. The Bertz CT molecular complexity index is 223. The van der Waals surface area contributed by atoms with Crippen molar-refractivity contribution < 1.29 is 5.11 Å². The van der Waals surface area contributed by atoms with Gasteiger partial charge in [-0.3, -0.25) is 4.68 Å². The van der Waals surface area contributed by atoms with Crippen molar-refractivity contribution in [3.63, 3.8) is 0 Å². The normalized spacial score (nSPS) is 10.5. The summed E-state index contributed by atoms with van der Waals surface area (Å²) in [5.41, 5.74) is 0. The van der Waals surface area contributed by atoms with Crippen LogP contribution in [0.25, 0.3) is 0 Å². The minimum Gasteiger partial charge on any atom is -0.396 e. The van der Waals surface area contributed by atoms with E-state index in [4.69, 9.17) is 5.11 Å². The number of hydrogen-bond acceptors (Lipinski definition) is 4. The maximum absolute atomic E-state index is 8.50. The number of rotatable bonds is 5. The van der Waals surface area contributed by atoms with Crippen molar-refractivity contribution in [1.29, 1.82) is 0 Å². The van der Waals surface area contributed by atoms with Gasteiger partial charge in [0.05, 0.1) is 6.54 Å². The highest BCUT2D eigenvalue weighted by molar-refractivity contribution is 4.81. The van der Waals surface area contributed by atoms with Crippen molar-refractivity contribution in [2.75, 3.05) is 13.2 Å². The molecule has 5 nitrogen and oxygen atoms in total. The largest absolute Gasteiger partial charge is 0.396 e. The Morgan fingerprint density at radius 1 is 1.67 bits per heavy atom. The van der Waals surface area contributed by atoms with Gasteiger partial charge in [-0.25, -0.2) is 4.98 Å². The van der Waals surface area contributed by atoms with Crippen molar-refractivity contribution in [2.24, 2.45) is 7.05 Å². The van der Waals surface area contributed by atoms with E-state index in [0.29, 0.717) is 6.54 Å². The smallest absolute Gasteiger partial charge is 0.140 e. The first kappa shape index (κ1) is 9.15.